The van der Waals surface area contributed by atoms with Crippen molar-refractivity contribution in [3.63, 3.8) is 0 Å². The van der Waals surface area contributed by atoms with E-state index in [0.29, 0.717) is 5.69 Å². The van der Waals surface area contributed by atoms with Crippen LogP contribution in [0, 0.1) is 6.92 Å². The van der Waals surface area contributed by atoms with Gasteiger partial charge in [0.25, 0.3) is 0 Å². The Balaban J connectivity index is 2.38. The Morgan fingerprint density at radius 1 is 1.21 bits per heavy atom. The zero-order chi connectivity index (χ0) is 17.9. The van der Waals surface area contributed by atoms with Crippen molar-refractivity contribution < 1.29 is 13.2 Å². The number of benzene rings is 1. The molecule has 4 nitrogen and oxygen atoms in total. The first-order valence-electron chi connectivity index (χ1n) is 7.45. The lowest BCUT2D eigenvalue weighted by molar-refractivity contribution is -0.141. The van der Waals surface area contributed by atoms with Gasteiger partial charge < -0.3 is 10.6 Å². The molecular weight excluding hydrogens is 385 g/mol. The molecule has 1 heterocycles. The van der Waals surface area contributed by atoms with E-state index in [1.165, 1.54) is 0 Å². The standard InChI is InChI=1S/C16H18BrF3N4/c1-4-10(3)21-15-23-13(16(18,19)20)8-14(24-15)22-12-6-5-9(2)7-11(12)17/h5-8,10H,4H2,1-3H3,(H2,21,22,23,24)/t10-/m1/s1. The molecule has 0 radical (unpaired) electrons. The Hall–Kier alpha value is -1.83. The number of hydrogen-bond donors (Lipinski definition) is 2. The molecule has 0 aliphatic carbocycles. The van der Waals surface area contributed by atoms with E-state index in [1.807, 2.05) is 32.9 Å². The van der Waals surface area contributed by atoms with Crippen LogP contribution in [0.5, 0.6) is 0 Å². The summed E-state index contributed by atoms with van der Waals surface area (Å²) in [5.74, 6) is 0.0255. The van der Waals surface area contributed by atoms with Crippen molar-refractivity contribution in [2.45, 2.75) is 39.4 Å². The lowest BCUT2D eigenvalue weighted by Gasteiger charge is -2.16. The van der Waals surface area contributed by atoms with Crippen LogP contribution in [-0.4, -0.2) is 16.0 Å². The average molecular weight is 403 g/mol. The summed E-state index contributed by atoms with van der Waals surface area (Å²) >= 11 is 3.39. The van der Waals surface area contributed by atoms with Crippen molar-refractivity contribution in [1.82, 2.24) is 9.97 Å². The Morgan fingerprint density at radius 3 is 2.50 bits per heavy atom. The van der Waals surface area contributed by atoms with Crippen LogP contribution in [0.1, 0.15) is 31.5 Å². The second-order valence-corrected chi connectivity index (χ2v) is 6.38. The minimum Gasteiger partial charge on any atom is -0.352 e. The van der Waals surface area contributed by atoms with Crippen molar-refractivity contribution in [3.8, 4) is 0 Å². The van der Waals surface area contributed by atoms with Gasteiger partial charge in [-0.2, -0.15) is 18.2 Å². The van der Waals surface area contributed by atoms with Crippen molar-refractivity contribution in [2.24, 2.45) is 0 Å². The number of anilines is 3. The van der Waals surface area contributed by atoms with E-state index in [9.17, 15) is 13.2 Å². The summed E-state index contributed by atoms with van der Waals surface area (Å²) in [6.07, 6.45) is -3.80. The molecule has 0 aliphatic rings. The number of nitrogens with zero attached hydrogens (tertiary/aromatic N) is 2. The number of halogens is 4. The summed E-state index contributed by atoms with van der Waals surface area (Å²) in [5.41, 5.74) is 0.668. The molecule has 1 aromatic heterocycles. The van der Waals surface area contributed by atoms with E-state index in [-0.39, 0.29) is 17.8 Å². The van der Waals surface area contributed by atoms with Gasteiger partial charge in [0, 0.05) is 16.6 Å². The molecular formula is C16H18BrF3N4. The molecule has 8 heteroatoms. The highest BCUT2D eigenvalue weighted by atomic mass is 79.9. The van der Waals surface area contributed by atoms with E-state index >= 15 is 0 Å². The molecule has 0 fully saturated rings. The zero-order valence-corrected chi connectivity index (χ0v) is 15.1. The Bertz CT molecular complexity index is 719. The molecule has 0 saturated heterocycles. The first-order valence-corrected chi connectivity index (χ1v) is 8.24. The number of nitrogens with one attached hydrogen (secondary N) is 2. The average Bonchev–Trinajstić information content (AvgIpc) is 2.49. The third-order valence-electron chi connectivity index (χ3n) is 3.39. The van der Waals surface area contributed by atoms with Gasteiger partial charge in [-0.05, 0) is 53.9 Å². The van der Waals surface area contributed by atoms with E-state index < -0.39 is 11.9 Å². The Kier molecular flexibility index (Phi) is 5.69. The van der Waals surface area contributed by atoms with Crippen molar-refractivity contribution in [2.75, 3.05) is 10.6 Å². The lowest BCUT2D eigenvalue weighted by atomic mass is 10.2. The van der Waals surface area contributed by atoms with Gasteiger partial charge in [-0.25, -0.2) is 4.98 Å². The van der Waals surface area contributed by atoms with Crippen LogP contribution in [0.4, 0.5) is 30.6 Å². The molecule has 130 valence electrons. The fourth-order valence-corrected chi connectivity index (χ4v) is 2.50. The number of aromatic nitrogens is 2. The topological polar surface area (TPSA) is 49.8 Å². The van der Waals surface area contributed by atoms with Gasteiger partial charge in [-0.3, -0.25) is 0 Å². The van der Waals surface area contributed by atoms with Crippen LogP contribution in [0.15, 0.2) is 28.7 Å². The summed E-state index contributed by atoms with van der Waals surface area (Å²) in [5, 5.41) is 5.79. The van der Waals surface area contributed by atoms with Crippen LogP contribution in [0.3, 0.4) is 0 Å². The molecule has 2 N–H and O–H groups in total. The van der Waals surface area contributed by atoms with Crippen molar-refractivity contribution in [1.29, 1.82) is 0 Å². The van der Waals surface area contributed by atoms with Crippen LogP contribution >= 0.6 is 15.9 Å². The highest BCUT2D eigenvalue weighted by Gasteiger charge is 2.34. The molecule has 0 spiro atoms. The summed E-state index contributed by atoms with van der Waals surface area (Å²) < 4.78 is 40.0. The van der Waals surface area contributed by atoms with Gasteiger partial charge in [-0.1, -0.05) is 13.0 Å². The maximum absolute atomic E-state index is 13.1. The first-order chi connectivity index (χ1) is 11.2. The maximum Gasteiger partial charge on any atom is 0.433 e. The maximum atomic E-state index is 13.1. The van der Waals surface area contributed by atoms with Crippen LogP contribution in [-0.2, 0) is 6.18 Å². The highest BCUT2D eigenvalue weighted by molar-refractivity contribution is 9.10. The molecule has 0 amide bonds. The molecule has 2 aromatic rings. The molecule has 2 rings (SSSR count). The first kappa shape index (κ1) is 18.5. The monoisotopic (exact) mass is 402 g/mol. The lowest BCUT2D eigenvalue weighted by Crippen LogP contribution is -2.18. The zero-order valence-electron chi connectivity index (χ0n) is 13.5. The Morgan fingerprint density at radius 2 is 1.92 bits per heavy atom. The smallest absolute Gasteiger partial charge is 0.352 e. The highest BCUT2D eigenvalue weighted by Crippen LogP contribution is 2.32. The van der Waals surface area contributed by atoms with Crippen LogP contribution < -0.4 is 10.6 Å². The van der Waals surface area contributed by atoms with E-state index in [2.05, 4.69) is 36.5 Å². The summed E-state index contributed by atoms with van der Waals surface area (Å²) in [6.45, 7) is 5.70. The second-order valence-electron chi connectivity index (χ2n) is 5.52. The predicted octanol–water partition coefficient (Wildman–Crippen LogP) is 5.52. The van der Waals surface area contributed by atoms with Crippen molar-refractivity contribution in [3.05, 3.63) is 40.0 Å². The summed E-state index contributed by atoms with van der Waals surface area (Å²) in [7, 11) is 0. The van der Waals surface area contributed by atoms with Crippen LogP contribution in [0.2, 0.25) is 0 Å². The quantitative estimate of drug-likeness (QED) is 0.690. The SMILES string of the molecule is CC[C@@H](C)Nc1nc(Nc2ccc(C)cc2Br)cc(C(F)(F)F)n1. The molecule has 24 heavy (non-hydrogen) atoms. The largest absolute Gasteiger partial charge is 0.433 e. The van der Waals surface area contributed by atoms with Gasteiger partial charge >= 0.3 is 6.18 Å². The van der Waals surface area contributed by atoms with E-state index in [0.717, 1.165) is 22.5 Å². The molecule has 1 aromatic carbocycles. The third-order valence-corrected chi connectivity index (χ3v) is 4.05. The predicted molar refractivity (Wildman–Crippen MR) is 92.6 cm³/mol. The Labute approximate surface area is 147 Å². The van der Waals surface area contributed by atoms with Gasteiger partial charge in [-0.15, -0.1) is 0 Å². The molecule has 1 atom stereocenters. The minimum absolute atomic E-state index is 0.0348. The fourth-order valence-electron chi connectivity index (χ4n) is 1.90. The molecule has 0 unspecified atom stereocenters. The number of aryl methyl sites for hydroxylation is 1. The van der Waals surface area contributed by atoms with Crippen LogP contribution in [0.25, 0.3) is 0 Å². The molecule has 0 aliphatic heterocycles. The molecule has 0 saturated carbocycles. The number of rotatable bonds is 5. The minimum atomic E-state index is -4.55. The third kappa shape index (κ3) is 4.83. The summed E-state index contributed by atoms with van der Waals surface area (Å²) in [6, 6.07) is 6.36. The van der Waals surface area contributed by atoms with Crippen molar-refractivity contribution >= 4 is 33.4 Å². The molecule has 0 bridgehead atoms. The van der Waals surface area contributed by atoms with Gasteiger partial charge in [0.05, 0.1) is 5.69 Å². The number of alkyl halides is 3. The van der Waals surface area contributed by atoms with Gasteiger partial charge in [0.15, 0.2) is 5.69 Å². The van der Waals surface area contributed by atoms with Gasteiger partial charge in [0.1, 0.15) is 5.82 Å². The normalized spacial score (nSPS) is 12.8. The summed E-state index contributed by atoms with van der Waals surface area (Å²) in [4.78, 5) is 7.71. The number of hydrogen-bond acceptors (Lipinski definition) is 4. The second kappa shape index (κ2) is 7.38. The van der Waals surface area contributed by atoms with E-state index in [4.69, 9.17) is 0 Å². The van der Waals surface area contributed by atoms with Gasteiger partial charge in [0.2, 0.25) is 5.95 Å². The van der Waals surface area contributed by atoms with E-state index in [1.54, 1.807) is 6.07 Å². The fraction of sp³-hybridized carbons (Fsp3) is 0.375.